The van der Waals surface area contributed by atoms with Gasteiger partial charge in [0.15, 0.2) is 0 Å². The SMILES string of the molecule is C=C[C@]1(C)C[C@@H](OC(=O)CSc2cccc(CNC(=O)[C@@H](N)CO)c2)[C@]2(C)C(C)CCC3(CCC(=O)C32)[C@@H](C)[C@@H]1O. The normalized spacial score (nSPS) is 37.3. The molecule has 4 rings (SSSR count). The number of ketones is 1. The Labute approximate surface area is 247 Å². The molecule has 0 aliphatic heterocycles. The minimum Gasteiger partial charge on any atom is -0.461 e. The lowest BCUT2D eigenvalue weighted by molar-refractivity contribution is -0.205. The molecule has 1 amide bonds. The zero-order valence-electron chi connectivity index (χ0n) is 24.7. The van der Waals surface area contributed by atoms with Crippen molar-refractivity contribution in [1.29, 1.82) is 0 Å². The molecule has 0 saturated heterocycles. The van der Waals surface area contributed by atoms with Crippen molar-refractivity contribution in [1.82, 2.24) is 5.32 Å². The van der Waals surface area contributed by atoms with Crippen molar-refractivity contribution in [3.63, 3.8) is 0 Å². The number of ether oxygens (including phenoxy) is 1. The Kier molecular flexibility index (Phi) is 9.43. The summed E-state index contributed by atoms with van der Waals surface area (Å²) in [6, 6.07) is 6.52. The highest BCUT2D eigenvalue weighted by Gasteiger charge is 2.68. The van der Waals surface area contributed by atoms with Crippen molar-refractivity contribution in [2.45, 2.75) is 89.5 Å². The van der Waals surface area contributed by atoms with Crippen LogP contribution in [0.5, 0.6) is 0 Å². The molecule has 41 heavy (non-hydrogen) atoms. The monoisotopic (exact) mass is 586 g/mol. The van der Waals surface area contributed by atoms with Crippen molar-refractivity contribution in [3.05, 3.63) is 42.5 Å². The molecule has 3 saturated carbocycles. The Morgan fingerprint density at radius 1 is 1.29 bits per heavy atom. The van der Waals surface area contributed by atoms with Gasteiger partial charge in [-0.3, -0.25) is 14.4 Å². The summed E-state index contributed by atoms with van der Waals surface area (Å²) < 4.78 is 6.32. The number of carbonyl (C=O) groups is 3. The Morgan fingerprint density at radius 2 is 2.02 bits per heavy atom. The fourth-order valence-electron chi connectivity index (χ4n) is 7.98. The molecule has 1 aromatic carbocycles. The first-order chi connectivity index (χ1) is 19.3. The van der Waals surface area contributed by atoms with Crippen LogP contribution in [0.3, 0.4) is 0 Å². The van der Waals surface area contributed by atoms with E-state index in [4.69, 9.17) is 15.6 Å². The number of hydrogen-bond donors (Lipinski definition) is 4. The van der Waals surface area contributed by atoms with Gasteiger partial charge < -0.3 is 26.0 Å². The summed E-state index contributed by atoms with van der Waals surface area (Å²) in [6.07, 6.45) is 4.07. The van der Waals surface area contributed by atoms with Gasteiger partial charge in [-0.25, -0.2) is 0 Å². The molecule has 226 valence electrons. The van der Waals surface area contributed by atoms with Crippen LogP contribution in [-0.2, 0) is 25.7 Å². The number of Topliss-reactive ketones (excluding diaryl/α,β-unsaturated/α-hetero) is 1. The van der Waals surface area contributed by atoms with Gasteiger partial charge in [-0.1, -0.05) is 45.9 Å². The number of carbonyl (C=O) groups excluding carboxylic acids is 3. The molecule has 0 aromatic heterocycles. The molecule has 8 nitrogen and oxygen atoms in total. The fraction of sp³-hybridized carbons (Fsp3) is 0.656. The highest BCUT2D eigenvalue weighted by molar-refractivity contribution is 8.00. The molecule has 9 heteroatoms. The van der Waals surface area contributed by atoms with Crippen molar-refractivity contribution in [3.8, 4) is 0 Å². The third kappa shape index (κ3) is 5.75. The largest absolute Gasteiger partial charge is 0.461 e. The van der Waals surface area contributed by atoms with E-state index in [1.165, 1.54) is 11.8 Å². The summed E-state index contributed by atoms with van der Waals surface area (Å²) in [6.45, 7) is 12.3. The van der Waals surface area contributed by atoms with Crippen LogP contribution in [0.25, 0.3) is 0 Å². The molecule has 3 fully saturated rings. The van der Waals surface area contributed by atoms with E-state index in [1.54, 1.807) is 6.08 Å². The highest BCUT2D eigenvalue weighted by Crippen LogP contribution is 2.68. The van der Waals surface area contributed by atoms with Crippen molar-refractivity contribution in [2.75, 3.05) is 12.4 Å². The van der Waals surface area contributed by atoms with Gasteiger partial charge >= 0.3 is 5.97 Å². The van der Waals surface area contributed by atoms with E-state index in [0.717, 1.165) is 29.7 Å². The van der Waals surface area contributed by atoms with Gasteiger partial charge in [0.05, 0.1) is 18.5 Å². The number of hydrogen-bond acceptors (Lipinski definition) is 8. The second-order valence-corrected chi connectivity index (χ2v) is 14.1. The van der Waals surface area contributed by atoms with Crippen LogP contribution in [-0.4, -0.2) is 58.5 Å². The molecule has 5 N–H and O–H groups in total. The first-order valence-corrected chi connectivity index (χ1v) is 15.7. The molecule has 9 atom stereocenters. The first-order valence-electron chi connectivity index (χ1n) is 14.7. The second kappa shape index (κ2) is 12.2. The standard InChI is InChI=1S/C32H46N2O6S/c1-6-30(4)15-25(31(5)19(2)10-12-32(20(3)28(30)38)13-11-24(36)27(31)32)40-26(37)18-41-22-9-7-8-21(14-22)16-34-29(39)23(33)17-35/h6-9,14,19-20,23,25,27-28,35,38H,1,10-13,15-18,33H2,2-5H3,(H,34,39)/t19?,20-,23-,25+,27?,28-,30+,31-,32?/m0/s1. The number of nitrogens with two attached hydrogens (primary N) is 1. The number of esters is 1. The van der Waals surface area contributed by atoms with E-state index in [1.807, 2.05) is 31.2 Å². The summed E-state index contributed by atoms with van der Waals surface area (Å²) in [7, 11) is 0. The average Bonchev–Trinajstić information content (AvgIpc) is 3.32. The smallest absolute Gasteiger partial charge is 0.316 e. The number of rotatable bonds is 9. The second-order valence-electron chi connectivity index (χ2n) is 13.0. The van der Waals surface area contributed by atoms with E-state index in [9.17, 15) is 19.5 Å². The maximum Gasteiger partial charge on any atom is 0.316 e. The molecule has 3 unspecified atom stereocenters. The predicted octanol–water partition coefficient (Wildman–Crippen LogP) is 3.62. The lowest BCUT2D eigenvalue weighted by Gasteiger charge is -2.61. The highest BCUT2D eigenvalue weighted by atomic mass is 32.2. The Hall–Kier alpha value is -2.20. The predicted molar refractivity (Wildman–Crippen MR) is 159 cm³/mol. The van der Waals surface area contributed by atoms with Crippen LogP contribution in [0.2, 0.25) is 0 Å². The zero-order valence-corrected chi connectivity index (χ0v) is 25.5. The third-order valence-corrected chi connectivity index (χ3v) is 11.8. The quantitative estimate of drug-likeness (QED) is 0.196. The lowest BCUT2D eigenvalue weighted by atomic mass is 9.44. The van der Waals surface area contributed by atoms with E-state index in [-0.39, 0.29) is 47.2 Å². The minimum atomic E-state index is -0.971. The number of benzene rings is 1. The van der Waals surface area contributed by atoms with Gasteiger partial charge in [-0.15, -0.1) is 18.3 Å². The number of amides is 1. The van der Waals surface area contributed by atoms with Crippen LogP contribution in [0.1, 0.15) is 65.4 Å². The first kappa shape index (κ1) is 31.7. The average molecular weight is 587 g/mol. The van der Waals surface area contributed by atoms with Gasteiger partial charge in [0.25, 0.3) is 0 Å². The van der Waals surface area contributed by atoms with Crippen LogP contribution >= 0.6 is 11.8 Å². The number of thioether (sulfide) groups is 1. The number of aliphatic hydroxyl groups is 2. The summed E-state index contributed by atoms with van der Waals surface area (Å²) >= 11 is 1.35. The van der Waals surface area contributed by atoms with Crippen LogP contribution in [0, 0.1) is 34.0 Å². The van der Waals surface area contributed by atoms with Crippen LogP contribution in [0.15, 0.2) is 41.8 Å². The van der Waals surface area contributed by atoms with Gasteiger partial charge in [0.2, 0.25) is 5.91 Å². The molecule has 0 spiro atoms. The van der Waals surface area contributed by atoms with Crippen molar-refractivity contribution in [2.24, 2.45) is 39.7 Å². The third-order valence-electron chi connectivity index (χ3n) is 10.8. The summed E-state index contributed by atoms with van der Waals surface area (Å²) in [5.74, 6) is -0.632. The Balaban J connectivity index is 1.53. The maximum absolute atomic E-state index is 13.5. The van der Waals surface area contributed by atoms with E-state index in [0.29, 0.717) is 12.8 Å². The topological polar surface area (TPSA) is 139 Å². The van der Waals surface area contributed by atoms with Crippen molar-refractivity contribution >= 4 is 29.4 Å². The van der Waals surface area contributed by atoms with Gasteiger partial charge in [-0.2, -0.15) is 0 Å². The fourth-order valence-corrected chi connectivity index (χ4v) is 8.75. The van der Waals surface area contributed by atoms with Gasteiger partial charge in [0, 0.05) is 34.6 Å². The molecule has 3 aliphatic carbocycles. The van der Waals surface area contributed by atoms with Crippen LogP contribution in [0.4, 0.5) is 0 Å². The summed E-state index contributed by atoms with van der Waals surface area (Å²) in [5, 5.41) is 23.4. The lowest BCUT2D eigenvalue weighted by Crippen LogP contribution is -2.63. The Bertz CT molecular complexity index is 1180. The Morgan fingerprint density at radius 3 is 2.71 bits per heavy atom. The minimum absolute atomic E-state index is 0.0718. The molecular weight excluding hydrogens is 540 g/mol. The maximum atomic E-state index is 13.5. The van der Waals surface area contributed by atoms with Crippen molar-refractivity contribution < 1.29 is 29.3 Å². The number of aliphatic hydroxyl groups excluding tert-OH is 2. The molecule has 0 heterocycles. The molecule has 3 aliphatic rings. The molecular formula is C32H46N2O6S. The number of nitrogens with one attached hydrogen (secondary N) is 1. The zero-order chi connectivity index (χ0) is 30.2. The summed E-state index contributed by atoms with van der Waals surface area (Å²) in [5.41, 5.74) is 4.88. The van der Waals surface area contributed by atoms with E-state index < -0.39 is 41.6 Å². The van der Waals surface area contributed by atoms with Gasteiger partial charge in [0.1, 0.15) is 17.9 Å². The van der Waals surface area contributed by atoms with Gasteiger partial charge in [-0.05, 0) is 60.6 Å². The summed E-state index contributed by atoms with van der Waals surface area (Å²) in [4.78, 5) is 39.7. The van der Waals surface area contributed by atoms with Crippen LogP contribution < -0.4 is 11.1 Å². The molecule has 1 aromatic rings. The molecule has 0 radical (unpaired) electrons. The van der Waals surface area contributed by atoms with E-state index >= 15 is 0 Å². The molecule has 2 bridgehead atoms. The van der Waals surface area contributed by atoms with E-state index in [2.05, 4.69) is 32.7 Å².